The van der Waals surface area contributed by atoms with Crippen LogP contribution in [0, 0.1) is 5.92 Å². The number of carboxylic acid groups (broad SMARTS) is 1. The van der Waals surface area contributed by atoms with E-state index in [1.807, 2.05) is 22.4 Å². The number of carbonyl (C=O) groups is 2. The molecule has 1 saturated heterocycles. The maximum atomic E-state index is 11.9. The summed E-state index contributed by atoms with van der Waals surface area (Å²) in [6, 6.07) is 3.87. The van der Waals surface area contributed by atoms with Crippen LogP contribution in [-0.2, 0) is 9.59 Å². The molecule has 1 amide bonds. The van der Waals surface area contributed by atoms with Crippen molar-refractivity contribution in [2.24, 2.45) is 5.92 Å². The lowest BCUT2D eigenvalue weighted by molar-refractivity contribution is -0.142. The minimum atomic E-state index is -0.861. The first-order chi connectivity index (χ1) is 8.18. The molecule has 1 N–H and O–H groups in total. The van der Waals surface area contributed by atoms with Crippen LogP contribution in [0.3, 0.4) is 0 Å². The van der Waals surface area contributed by atoms with E-state index >= 15 is 0 Å². The Morgan fingerprint density at radius 3 is 2.76 bits per heavy atom. The van der Waals surface area contributed by atoms with Gasteiger partial charge in [0.05, 0.1) is 12.0 Å². The van der Waals surface area contributed by atoms with Crippen molar-refractivity contribution in [3.05, 3.63) is 22.4 Å². The Kier molecular flexibility index (Phi) is 2.43. The second-order valence-corrected chi connectivity index (χ2v) is 5.62. The molecule has 2 heterocycles. The highest BCUT2D eigenvalue weighted by Gasteiger charge is 2.50. The fourth-order valence-electron chi connectivity index (χ4n) is 2.55. The molecule has 2 unspecified atom stereocenters. The predicted molar refractivity (Wildman–Crippen MR) is 62.7 cm³/mol. The van der Waals surface area contributed by atoms with Gasteiger partial charge in [-0.15, -0.1) is 11.3 Å². The third-order valence-electron chi connectivity index (χ3n) is 3.46. The number of rotatable bonds is 3. The van der Waals surface area contributed by atoms with E-state index in [0.717, 1.165) is 17.7 Å². The molecule has 4 nitrogen and oxygen atoms in total. The standard InChI is InChI=1S/C12H13NO3S/c14-10-6-8(12(15)16)11(9-2-1-5-17-9)13(10)7-3-4-7/h1-2,5,7-8,11H,3-4,6H2,(H,15,16). The number of thiophene rings is 1. The van der Waals surface area contributed by atoms with E-state index in [1.54, 1.807) is 0 Å². The molecule has 1 saturated carbocycles. The smallest absolute Gasteiger partial charge is 0.309 e. The van der Waals surface area contributed by atoms with Crippen molar-refractivity contribution in [2.75, 3.05) is 0 Å². The van der Waals surface area contributed by atoms with E-state index in [4.69, 9.17) is 0 Å². The predicted octanol–water partition coefficient (Wildman–Crippen LogP) is 1.88. The quantitative estimate of drug-likeness (QED) is 0.892. The van der Waals surface area contributed by atoms with Crippen molar-refractivity contribution >= 4 is 23.2 Å². The summed E-state index contributed by atoms with van der Waals surface area (Å²) in [5, 5.41) is 11.2. The molecule has 3 rings (SSSR count). The average Bonchev–Trinajstić information content (AvgIpc) is 2.86. The van der Waals surface area contributed by atoms with E-state index in [9.17, 15) is 14.7 Å². The largest absolute Gasteiger partial charge is 0.481 e. The zero-order valence-corrected chi connectivity index (χ0v) is 10.0. The summed E-state index contributed by atoms with van der Waals surface area (Å²) < 4.78 is 0. The summed E-state index contributed by atoms with van der Waals surface area (Å²) >= 11 is 1.54. The second-order valence-electron chi connectivity index (χ2n) is 4.64. The minimum absolute atomic E-state index is 0.00157. The van der Waals surface area contributed by atoms with Crippen molar-refractivity contribution in [1.29, 1.82) is 0 Å². The molecular weight excluding hydrogens is 238 g/mol. The Morgan fingerprint density at radius 1 is 1.47 bits per heavy atom. The van der Waals surface area contributed by atoms with E-state index in [0.29, 0.717) is 0 Å². The summed E-state index contributed by atoms with van der Waals surface area (Å²) in [5.41, 5.74) is 0. The number of hydrogen-bond acceptors (Lipinski definition) is 3. The molecule has 2 aliphatic rings. The van der Waals surface area contributed by atoms with Crippen molar-refractivity contribution < 1.29 is 14.7 Å². The number of nitrogens with zero attached hydrogens (tertiary/aromatic N) is 1. The molecular formula is C12H13NO3S. The van der Waals surface area contributed by atoms with Crippen LogP contribution in [-0.4, -0.2) is 27.9 Å². The third-order valence-corrected chi connectivity index (χ3v) is 4.40. The first kappa shape index (κ1) is 10.8. The fourth-order valence-corrected chi connectivity index (χ4v) is 3.44. The lowest BCUT2D eigenvalue weighted by Crippen LogP contribution is -2.31. The number of amides is 1. The Morgan fingerprint density at radius 2 is 2.24 bits per heavy atom. The Labute approximate surface area is 103 Å². The van der Waals surface area contributed by atoms with E-state index in [-0.39, 0.29) is 24.4 Å². The molecule has 0 aromatic carbocycles. The van der Waals surface area contributed by atoms with Gasteiger partial charge in [-0.3, -0.25) is 9.59 Å². The highest BCUT2D eigenvalue weighted by Crippen LogP contribution is 2.46. The Bertz CT molecular complexity index is 452. The van der Waals surface area contributed by atoms with Gasteiger partial charge >= 0.3 is 5.97 Å². The van der Waals surface area contributed by atoms with E-state index in [1.165, 1.54) is 11.3 Å². The van der Waals surface area contributed by atoms with Crippen molar-refractivity contribution in [2.45, 2.75) is 31.3 Å². The Hall–Kier alpha value is -1.36. The number of likely N-dealkylation sites (tertiary alicyclic amines) is 1. The second kappa shape index (κ2) is 3.84. The lowest BCUT2D eigenvalue weighted by atomic mass is 9.99. The number of hydrogen-bond donors (Lipinski definition) is 1. The van der Waals surface area contributed by atoms with Gasteiger partial charge in [0.15, 0.2) is 0 Å². The van der Waals surface area contributed by atoms with Crippen LogP contribution in [0.1, 0.15) is 30.2 Å². The van der Waals surface area contributed by atoms with Gasteiger partial charge in [0.2, 0.25) is 5.91 Å². The average molecular weight is 251 g/mol. The van der Waals surface area contributed by atoms with Crippen molar-refractivity contribution in [3.63, 3.8) is 0 Å². The highest BCUT2D eigenvalue weighted by molar-refractivity contribution is 7.10. The number of carbonyl (C=O) groups excluding carboxylic acids is 1. The Balaban J connectivity index is 1.97. The summed E-state index contributed by atoms with van der Waals surface area (Å²) in [7, 11) is 0. The van der Waals surface area contributed by atoms with Gasteiger partial charge in [-0.2, -0.15) is 0 Å². The fraction of sp³-hybridized carbons (Fsp3) is 0.500. The third kappa shape index (κ3) is 1.74. The van der Waals surface area contributed by atoms with Crippen LogP contribution >= 0.6 is 11.3 Å². The first-order valence-electron chi connectivity index (χ1n) is 5.76. The molecule has 2 atom stereocenters. The molecule has 1 aromatic rings. The monoisotopic (exact) mass is 251 g/mol. The topological polar surface area (TPSA) is 57.6 Å². The molecule has 5 heteroatoms. The lowest BCUT2D eigenvalue weighted by Gasteiger charge is -2.25. The van der Waals surface area contributed by atoms with Gasteiger partial charge in [0.25, 0.3) is 0 Å². The molecule has 0 radical (unpaired) electrons. The van der Waals surface area contributed by atoms with Gasteiger partial charge < -0.3 is 10.0 Å². The van der Waals surface area contributed by atoms with Gasteiger partial charge in [-0.1, -0.05) is 6.07 Å². The van der Waals surface area contributed by atoms with Gasteiger partial charge in [0.1, 0.15) is 0 Å². The number of carboxylic acids is 1. The molecule has 0 spiro atoms. The van der Waals surface area contributed by atoms with Crippen molar-refractivity contribution in [3.8, 4) is 0 Å². The zero-order chi connectivity index (χ0) is 12.0. The van der Waals surface area contributed by atoms with Crippen LogP contribution < -0.4 is 0 Å². The van der Waals surface area contributed by atoms with E-state index in [2.05, 4.69) is 0 Å². The van der Waals surface area contributed by atoms with Gasteiger partial charge in [-0.25, -0.2) is 0 Å². The van der Waals surface area contributed by atoms with Crippen LogP contribution in [0.2, 0.25) is 0 Å². The minimum Gasteiger partial charge on any atom is -0.481 e. The molecule has 1 aliphatic heterocycles. The summed E-state index contributed by atoms with van der Waals surface area (Å²) in [6.07, 6.45) is 2.17. The maximum absolute atomic E-state index is 11.9. The summed E-state index contributed by atoms with van der Waals surface area (Å²) in [6.45, 7) is 0. The molecule has 90 valence electrons. The zero-order valence-electron chi connectivity index (χ0n) is 9.20. The summed E-state index contributed by atoms with van der Waals surface area (Å²) in [5.74, 6) is -1.44. The molecule has 17 heavy (non-hydrogen) atoms. The SMILES string of the molecule is O=C(O)C1CC(=O)N(C2CC2)C1c1cccs1. The molecule has 0 bridgehead atoms. The van der Waals surface area contributed by atoms with Crippen LogP contribution in [0.15, 0.2) is 17.5 Å². The van der Waals surface area contributed by atoms with Crippen LogP contribution in [0.5, 0.6) is 0 Å². The molecule has 1 aromatic heterocycles. The van der Waals surface area contributed by atoms with Crippen molar-refractivity contribution in [1.82, 2.24) is 4.90 Å². The van der Waals surface area contributed by atoms with Gasteiger partial charge in [-0.05, 0) is 24.3 Å². The summed E-state index contributed by atoms with van der Waals surface area (Å²) in [4.78, 5) is 26.0. The first-order valence-corrected chi connectivity index (χ1v) is 6.64. The van der Waals surface area contributed by atoms with Gasteiger partial charge in [0, 0.05) is 17.3 Å². The van der Waals surface area contributed by atoms with Crippen LogP contribution in [0.4, 0.5) is 0 Å². The van der Waals surface area contributed by atoms with Crippen LogP contribution in [0.25, 0.3) is 0 Å². The highest BCUT2D eigenvalue weighted by atomic mass is 32.1. The normalized spacial score (nSPS) is 28.7. The molecule has 1 aliphatic carbocycles. The maximum Gasteiger partial charge on any atom is 0.309 e. The van der Waals surface area contributed by atoms with E-state index < -0.39 is 11.9 Å². The number of aliphatic carboxylic acids is 1. The molecule has 2 fully saturated rings.